The Bertz CT molecular complexity index is 1110. The zero-order chi connectivity index (χ0) is 23.0. The van der Waals surface area contributed by atoms with Crippen molar-refractivity contribution in [2.45, 2.75) is 46.5 Å². The predicted molar refractivity (Wildman–Crippen MR) is 117 cm³/mol. The number of allylic oxidation sites excluding steroid dienone is 2. The maximum absolute atomic E-state index is 13.4. The van der Waals surface area contributed by atoms with Crippen LogP contribution in [-0.4, -0.2) is 49.1 Å². The summed E-state index contributed by atoms with van der Waals surface area (Å²) in [5.74, 6) is 5.84. The smallest absolute Gasteiger partial charge is 0.449 e. The van der Waals surface area contributed by atoms with E-state index in [1.807, 2.05) is 26.0 Å². The number of hydrogen-bond donors (Lipinski definition) is 1. The molecule has 8 heteroatoms. The van der Waals surface area contributed by atoms with Gasteiger partial charge in [-0.15, -0.1) is 5.92 Å². The van der Waals surface area contributed by atoms with E-state index in [1.54, 1.807) is 6.92 Å². The number of rotatable bonds is 3. The van der Waals surface area contributed by atoms with Crippen molar-refractivity contribution in [3.8, 4) is 11.8 Å². The monoisotopic (exact) mass is 445 g/mol. The van der Waals surface area contributed by atoms with Crippen LogP contribution in [0.15, 0.2) is 17.9 Å². The number of carboxylic acid groups (broad SMARTS) is 1. The number of carbonyl (C=O) groups is 2. The van der Waals surface area contributed by atoms with Gasteiger partial charge in [0.1, 0.15) is 5.76 Å². The molecule has 1 aliphatic heterocycles. The second-order valence-electron chi connectivity index (χ2n) is 8.46. The Morgan fingerprint density at radius 1 is 1.16 bits per heavy atom. The van der Waals surface area contributed by atoms with Gasteiger partial charge < -0.3 is 9.84 Å². The Labute approximate surface area is 183 Å². The highest BCUT2D eigenvalue weighted by atomic mass is 32.2. The number of piperidine rings is 1. The summed E-state index contributed by atoms with van der Waals surface area (Å²) in [5, 5.41) is 9.33. The highest BCUT2D eigenvalue weighted by Crippen LogP contribution is 2.48. The van der Waals surface area contributed by atoms with E-state index >= 15 is 0 Å². The first-order valence-corrected chi connectivity index (χ1v) is 12.0. The van der Waals surface area contributed by atoms with Crippen molar-refractivity contribution >= 4 is 27.5 Å². The van der Waals surface area contributed by atoms with E-state index in [0.29, 0.717) is 37.1 Å². The molecule has 1 aliphatic carbocycles. The standard InChI is InChI=1S/C23H27NO6S/c1-5-6-17-11-15(2)20(16(3)12-17)21-18(25)13-23(14-19(21)30-22(26)27)7-9-24(10-8-23)31(4,28)29/h11-12H,7-10,13-14H2,1-4H3,(H,26,27). The van der Waals surface area contributed by atoms with Gasteiger partial charge in [0.25, 0.3) is 0 Å². The lowest BCUT2D eigenvalue weighted by Crippen LogP contribution is -2.45. The van der Waals surface area contributed by atoms with Crippen LogP contribution >= 0.6 is 0 Å². The zero-order valence-corrected chi connectivity index (χ0v) is 19.1. The third-order valence-electron chi connectivity index (χ3n) is 6.14. The Kier molecular flexibility index (Phi) is 6.30. The molecule has 1 aromatic carbocycles. The van der Waals surface area contributed by atoms with Gasteiger partial charge in [-0.1, -0.05) is 5.92 Å². The first-order valence-electron chi connectivity index (χ1n) is 10.1. The third kappa shape index (κ3) is 4.83. The van der Waals surface area contributed by atoms with E-state index in [9.17, 15) is 23.1 Å². The molecule has 0 amide bonds. The Balaban J connectivity index is 2.05. The minimum absolute atomic E-state index is 0.150. The van der Waals surface area contributed by atoms with Crippen LogP contribution in [0.2, 0.25) is 0 Å². The summed E-state index contributed by atoms with van der Waals surface area (Å²) < 4.78 is 30.3. The lowest BCUT2D eigenvalue weighted by atomic mass is 9.66. The molecule has 2 aliphatic rings. The molecule has 0 aromatic heterocycles. The van der Waals surface area contributed by atoms with Gasteiger partial charge in [-0.3, -0.25) is 4.79 Å². The van der Waals surface area contributed by atoms with Crippen LogP contribution in [0.3, 0.4) is 0 Å². The van der Waals surface area contributed by atoms with Gasteiger partial charge in [0.2, 0.25) is 10.0 Å². The van der Waals surface area contributed by atoms with Crippen molar-refractivity contribution in [3.63, 3.8) is 0 Å². The highest BCUT2D eigenvalue weighted by Gasteiger charge is 2.45. The van der Waals surface area contributed by atoms with Crippen molar-refractivity contribution in [3.05, 3.63) is 40.1 Å². The molecule has 0 atom stereocenters. The lowest BCUT2D eigenvalue weighted by Gasteiger charge is -2.43. The van der Waals surface area contributed by atoms with Crippen LogP contribution in [0.4, 0.5) is 4.79 Å². The summed E-state index contributed by atoms with van der Waals surface area (Å²) in [5.41, 5.74) is 2.99. The molecule has 1 spiro atoms. The van der Waals surface area contributed by atoms with Crippen LogP contribution in [0.25, 0.3) is 5.57 Å². The Hall–Kier alpha value is -2.63. The number of ether oxygens (including phenoxy) is 1. The molecule has 1 heterocycles. The number of aryl methyl sites for hydroxylation is 2. The normalized spacial score (nSPS) is 19.2. The summed E-state index contributed by atoms with van der Waals surface area (Å²) in [6, 6.07) is 3.76. The van der Waals surface area contributed by atoms with Crippen molar-refractivity contribution in [2.75, 3.05) is 19.3 Å². The van der Waals surface area contributed by atoms with Crippen molar-refractivity contribution in [1.29, 1.82) is 0 Å². The predicted octanol–water partition coefficient (Wildman–Crippen LogP) is 3.49. The van der Waals surface area contributed by atoms with E-state index in [0.717, 1.165) is 16.7 Å². The quantitative estimate of drug-likeness (QED) is 0.565. The number of hydrogen-bond acceptors (Lipinski definition) is 5. The second kappa shape index (κ2) is 8.48. The van der Waals surface area contributed by atoms with Gasteiger partial charge in [0.05, 0.1) is 11.8 Å². The van der Waals surface area contributed by atoms with E-state index in [2.05, 4.69) is 11.8 Å². The fourth-order valence-corrected chi connectivity index (χ4v) is 5.61. The largest absolute Gasteiger partial charge is 0.511 e. The fraction of sp³-hybridized carbons (Fsp3) is 0.478. The molecule has 1 aromatic rings. The molecular weight excluding hydrogens is 418 g/mol. The lowest BCUT2D eigenvalue weighted by molar-refractivity contribution is -0.117. The van der Waals surface area contributed by atoms with Crippen molar-refractivity contribution in [2.24, 2.45) is 5.41 Å². The third-order valence-corrected chi connectivity index (χ3v) is 7.45. The molecule has 0 unspecified atom stereocenters. The van der Waals surface area contributed by atoms with Gasteiger partial charge in [-0.05, 0) is 67.9 Å². The molecule has 1 saturated heterocycles. The summed E-state index contributed by atoms with van der Waals surface area (Å²) in [7, 11) is -3.30. The Morgan fingerprint density at radius 2 is 1.74 bits per heavy atom. The van der Waals surface area contributed by atoms with Crippen LogP contribution in [0.5, 0.6) is 0 Å². The average Bonchev–Trinajstić information content (AvgIpc) is 2.62. The molecule has 3 rings (SSSR count). The van der Waals surface area contributed by atoms with Crippen LogP contribution in [0, 0.1) is 31.1 Å². The van der Waals surface area contributed by atoms with E-state index in [1.165, 1.54) is 10.6 Å². The Morgan fingerprint density at radius 3 is 2.23 bits per heavy atom. The minimum Gasteiger partial charge on any atom is -0.449 e. The van der Waals surface area contributed by atoms with E-state index < -0.39 is 21.6 Å². The van der Waals surface area contributed by atoms with Gasteiger partial charge in [0, 0.05) is 31.5 Å². The van der Waals surface area contributed by atoms with Crippen molar-refractivity contribution < 1.29 is 27.9 Å². The number of benzene rings is 1. The van der Waals surface area contributed by atoms with Crippen LogP contribution < -0.4 is 0 Å². The highest BCUT2D eigenvalue weighted by molar-refractivity contribution is 7.88. The summed E-state index contributed by atoms with van der Waals surface area (Å²) in [6.45, 7) is 6.11. The summed E-state index contributed by atoms with van der Waals surface area (Å²) >= 11 is 0. The maximum Gasteiger partial charge on any atom is 0.511 e. The molecule has 0 radical (unpaired) electrons. The number of nitrogens with zero attached hydrogens (tertiary/aromatic N) is 1. The second-order valence-corrected chi connectivity index (χ2v) is 10.4. The van der Waals surface area contributed by atoms with E-state index in [4.69, 9.17) is 4.74 Å². The molecule has 166 valence electrons. The molecule has 1 N–H and O–H groups in total. The van der Waals surface area contributed by atoms with Gasteiger partial charge >= 0.3 is 6.16 Å². The fourth-order valence-electron chi connectivity index (χ4n) is 4.77. The van der Waals surface area contributed by atoms with Gasteiger partial charge in [0.15, 0.2) is 5.78 Å². The number of Topliss-reactive ketones (excluding diaryl/α,β-unsaturated/α-hetero) is 1. The molecule has 1 fully saturated rings. The van der Waals surface area contributed by atoms with Crippen LogP contribution in [-0.2, 0) is 19.6 Å². The van der Waals surface area contributed by atoms with Gasteiger partial charge in [-0.2, -0.15) is 0 Å². The molecule has 0 saturated carbocycles. The van der Waals surface area contributed by atoms with Crippen LogP contribution in [0.1, 0.15) is 54.9 Å². The first kappa shape index (κ1) is 23.0. The first-order chi connectivity index (χ1) is 14.5. The number of sulfonamides is 1. The minimum atomic E-state index is -3.30. The summed E-state index contributed by atoms with van der Waals surface area (Å²) in [4.78, 5) is 24.8. The SMILES string of the molecule is CC#Cc1cc(C)c(C2=C(OC(=O)O)CC3(CCN(S(C)(=O)=O)CC3)CC2=O)c(C)c1. The number of carbonyl (C=O) groups excluding carboxylic acids is 1. The summed E-state index contributed by atoms with van der Waals surface area (Å²) in [6.07, 6.45) is 1.19. The topological polar surface area (TPSA) is 101 Å². The molecule has 0 bridgehead atoms. The van der Waals surface area contributed by atoms with Crippen molar-refractivity contribution in [1.82, 2.24) is 4.31 Å². The zero-order valence-electron chi connectivity index (χ0n) is 18.2. The van der Waals surface area contributed by atoms with E-state index in [-0.39, 0.29) is 24.4 Å². The molecule has 7 nitrogen and oxygen atoms in total. The molecule has 31 heavy (non-hydrogen) atoms. The number of ketones is 1. The van der Waals surface area contributed by atoms with Gasteiger partial charge in [-0.25, -0.2) is 17.5 Å². The molecular formula is C23H27NO6S. The average molecular weight is 446 g/mol. The maximum atomic E-state index is 13.4.